The Morgan fingerprint density at radius 3 is 2.20 bits per heavy atom. The fraction of sp³-hybridized carbons (Fsp3) is 0.310. The highest BCUT2D eigenvalue weighted by atomic mass is 35.5. The molecule has 2 atom stereocenters. The lowest BCUT2D eigenvalue weighted by molar-refractivity contribution is -0.139. The Labute approximate surface area is 261 Å². The van der Waals surface area contributed by atoms with E-state index in [2.05, 4.69) is 5.32 Å². The van der Waals surface area contributed by atoms with Gasteiger partial charge in [0.1, 0.15) is 12.6 Å². The van der Waals surface area contributed by atoms with Crippen LogP contribution < -0.4 is 9.62 Å². The molecule has 3 aromatic carbocycles. The molecule has 3 rings (SSSR count). The molecule has 0 spiro atoms. The van der Waals surface area contributed by atoms with Crippen molar-refractivity contribution >= 4 is 73.9 Å². The monoisotopic (exact) mass is 657 g/mol. The van der Waals surface area contributed by atoms with Gasteiger partial charge in [0.05, 0.1) is 20.6 Å². The van der Waals surface area contributed by atoms with Crippen molar-refractivity contribution in [3.63, 3.8) is 0 Å². The molecule has 3 aromatic rings. The smallest absolute Gasteiger partial charge is 0.264 e. The average molecular weight is 659 g/mol. The normalized spacial score (nSPS) is 12.9. The van der Waals surface area contributed by atoms with Crippen molar-refractivity contribution in [2.45, 2.75) is 57.6 Å². The number of rotatable bonds is 11. The van der Waals surface area contributed by atoms with E-state index in [4.69, 9.17) is 46.4 Å². The van der Waals surface area contributed by atoms with E-state index in [1.807, 2.05) is 20.8 Å². The SMILES string of the molecule is CC[C@@H](C)NC(=O)[C@@H](C)N(Cc1ccc(Cl)cc1Cl)C(=O)CN(c1cccc(Cl)c1Cl)S(=O)(=O)c1ccc(C)cc1. The Morgan fingerprint density at radius 2 is 1.59 bits per heavy atom. The van der Waals surface area contributed by atoms with Crippen LogP contribution in [0.4, 0.5) is 5.69 Å². The van der Waals surface area contributed by atoms with Gasteiger partial charge >= 0.3 is 0 Å². The molecule has 41 heavy (non-hydrogen) atoms. The van der Waals surface area contributed by atoms with Gasteiger partial charge in [-0.25, -0.2) is 8.42 Å². The topological polar surface area (TPSA) is 86.8 Å². The van der Waals surface area contributed by atoms with Gasteiger partial charge in [0.25, 0.3) is 10.0 Å². The van der Waals surface area contributed by atoms with E-state index in [0.717, 1.165) is 9.87 Å². The maximum absolute atomic E-state index is 14.0. The van der Waals surface area contributed by atoms with Crippen molar-refractivity contribution in [3.8, 4) is 0 Å². The third-order valence-corrected chi connectivity index (χ3v) is 9.78. The van der Waals surface area contributed by atoms with Gasteiger partial charge in [-0.2, -0.15) is 0 Å². The number of hydrogen-bond donors (Lipinski definition) is 1. The van der Waals surface area contributed by atoms with Crippen LogP contribution >= 0.6 is 46.4 Å². The third-order valence-electron chi connectivity index (χ3n) is 6.61. The van der Waals surface area contributed by atoms with Gasteiger partial charge < -0.3 is 10.2 Å². The number of nitrogens with zero attached hydrogens (tertiary/aromatic N) is 2. The molecule has 0 aliphatic rings. The summed E-state index contributed by atoms with van der Waals surface area (Å²) in [6.45, 7) is 6.44. The average Bonchev–Trinajstić information content (AvgIpc) is 2.92. The van der Waals surface area contributed by atoms with Gasteiger partial charge in [-0.05, 0) is 69.2 Å². The van der Waals surface area contributed by atoms with Crippen molar-refractivity contribution in [1.82, 2.24) is 10.2 Å². The minimum absolute atomic E-state index is 0.0225. The molecule has 2 amide bonds. The standard InChI is InChI=1S/C29H31Cl4N3O4S/c1-5-19(3)34-29(38)20(4)35(16-21-11-12-22(30)15-25(21)32)27(37)17-36(26-8-6-7-24(31)28(26)33)41(39,40)23-13-9-18(2)10-14-23/h6-15,19-20H,5,16-17H2,1-4H3,(H,34,38)/t19-,20-/m1/s1. The molecule has 0 radical (unpaired) electrons. The Balaban J connectivity index is 2.09. The molecule has 0 aromatic heterocycles. The van der Waals surface area contributed by atoms with Crippen LogP contribution in [0.5, 0.6) is 0 Å². The Kier molecular flexibility index (Phi) is 11.4. The summed E-state index contributed by atoms with van der Waals surface area (Å²) < 4.78 is 28.8. The van der Waals surface area contributed by atoms with Crippen LogP contribution in [0.3, 0.4) is 0 Å². The number of aryl methyl sites for hydroxylation is 1. The van der Waals surface area contributed by atoms with Gasteiger partial charge in [0, 0.05) is 22.6 Å². The van der Waals surface area contributed by atoms with E-state index in [-0.39, 0.29) is 33.2 Å². The number of benzene rings is 3. The summed E-state index contributed by atoms with van der Waals surface area (Å²) in [5.41, 5.74) is 1.41. The van der Waals surface area contributed by atoms with Crippen molar-refractivity contribution in [2.24, 2.45) is 0 Å². The molecular formula is C29H31Cl4N3O4S. The number of amides is 2. The highest BCUT2D eigenvalue weighted by Gasteiger charge is 2.34. The fourth-order valence-electron chi connectivity index (χ4n) is 3.92. The maximum Gasteiger partial charge on any atom is 0.264 e. The number of hydrogen-bond acceptors (Lipinski definition) is 4. The second kappa shape index (κ2) is 14.1. The molecule has 220 valence electrons. The Morgan fingerprint density at radius 1 is 0.927 bits per heavy atom. The molecule has 0 bridgehead atoms. The minimum atomic E-state index is -4.30. The van der Waals surface area contributed by atoms with Crippen LogP contribution in [-0.4, -0.2) is 43.8 Å². The van der Waals surface area contributed by atoms with E-state index >= 15 is 0 Å². The minimum Gasteiger partial charge on any atom is -0.352 e. The van der Waals surface area contributed by atoms with E-state index < -0.39 is 34.4 Å². The lowest BCUT2D eigenvalue weighted by atomic mass is 10.1. The summed E-state index contributed by atoms with van der Waals surface area (Å²) in [6.07, 6.45) is 0.686. The molecule has 0 aliphatic carbocycles. The highest BCUT2D eigenvalue weighted by Crippen LogP contribution is 2.36. The lowest BCUT2D eigenvalue weighted by Gasteiger charge is -2.33. The zero-order valence-electron chi connectivity index (χ0n) is 23.0. The third kappa shape index (κ3) is 8.08. The first-order chi connectivity index (χ1) is 19.3. The van der Waals surface area contributed by atoms with Crippen LogP contribution in [0, 0.1) is 6.92 Å². The number of nitrogens with one attached hydrogen (secondary N) is 1. The summed E-state index contributed by atoms with van der Waals surface area (Å²) in [7, 11) is -4.30. The van der Waals surface area contributed by atoms with E-state index in [1.54, 1.807) is 37.3 Å². The van der Waals surface area contributed by atoms with Crippen molar-refractivity contribution in [3.05, 3.63) is 91.9 Å². The number of sulfonamides is 1. The van der Waals surface area contributed by atoms with Crippen LogP contribution in [0.15, 0.2) is 65.6 Å². The molecule has 1 N–H and O–H groups in total. The lowest BCUT2D eigenvalue weighted by Crippen LogP contribution is -2.52. The van der Waals surface area contributed by atoms with Gasteiger partial charge in [-0.3, -0.25) is 13.9 Å². The van der Waals surface area contributed by atoms with E-state index in [9.17, 15) is 18.0 Å². The van der Waals surface area contributed by atoms with E-state index in [1.165, 1.54) is 35.2 Å². The molecule has 0 unspecified atom stereocenters. The molecule has 7 nitrogen and oxygen atoms in total. The predicted octanol–water partition coefficient (Wildman–Crippen LogP) is 7.14. The van der Waals surface area contributed by atoms with Crippen LogP contribution in [-0.2, 0) is 26.2 Å². The van der Waals surface area contributed by atoms with Crippen LogP contribution in [0.1, 0.15) is 38.3 Å². The predicted molar refractivity (Wildman–Crippen MR) is 167 cm³/mol. The summed E-state index contributed by atoms with van der Waals surface area (Å²) in [5, 5.41) is 3.67. The molecule has 0 fully saturated rings. The first kappa shape index (κ1) is 33.0. The zero-order valence-corrected chi connectivity index (χ0v) is 26.8. The number of carbonyl (C=O) groups is 2. The first-order valence-corrected chi connectivity index (χ1v) is 15.8. The summed E-state index contributed by atoms with van der Waals surface area (Å²) in [4.78, 5) is 28.4. The molecule has 0 saturated heterocycles. The second-order valence-electron chi connectivity index (χ2n) is 9.65. The van der Waals surface area contributed by atoms with Crippen molar-refractivity contribution in [2.75, 3.05) is 10.8 Å². The summed E-state index contributed by atoms with van der Waals surface area (Å²) in [6, 6.07) is 14.4. The van der Waals surface area contributed by atoms with Gasteiger partial charge in [-0.1, -0.05) is 83.2 Å². The van der Waals surface area contributed by atoms with Gasteiger partial charge in [-0.15, -0.1) is 0 Å². The molecule has 0 saturated carbocycles. The largest absolute Gasteiger partial charge is 0.352 e. The Hall–Kier alpha value is -2.49. The second-order valence-corrected chi connectivity index (χ2v) is 13.1. The highest BCUT2D eigenvalue weighted by molar-refractivity contribution is 7.92. The number of anilines is 1. The molecular weight excluding hydrogens is 628 g/mol. The zero-order chi connectivity index (χ0) is 30.5. The maximum atomic E-state index is 14.0. The van der Waals surface area contributed by atoms with E-state index in [0.29, 0.717) is 22.0 Å². The number of halogens is 4. The molecule has 0 heterocycles. The summed E-state index contributed by atoms with van der Waals surface area (Å²) >= 11 is 25.2. The van der Waals surface area contributed by atoms with Crippen molar-refractivity contribution in [1.29, 1.82) is 0 Å². The first-order valence-electron chi connectivity index (χ1n) is 12.8. The van der Waals surface area contributed by atoms with Crippen LogP contribution in [0.2, 0.25) is 20.1 Å². The summed E-state index contributed by atoms with van der Waals surface area (Å²) in [5.74, 6) is -1.05. The van der Waals surface area contributed by atoms with Crippen LogP contribution in [0.25, 0.3) is 0 Å². The van der Waals surface area contributed by atoms with Crippen molar-refractivity contribution < 1.29 is 18.0 Å². The number of carbonyl (C=O) groups excluding carboxylic acids is 2. The molecule has 0 aliphatic heterocycles. The molecule has 12 heteroatoms. The Bertz CT molecular complexity index is 1520. The van der Waals surface area contributed by atoms with Gasteiger partial charge in [0.2, 0.25) is 11.8 Å². The quantitative estimate of drug-likeness (QED) is 0.237. The van der Waals surface area contributed by atoms with Gasteiger partial charge in [0.15, 0.2) is 0 Å². The fourth-order valence-corrected chi connectivity index (χ4v) is 6.26.